The number of fused-ring (bicyclic) bond motifs is 3. The number of carbonyl (C=O) groups is 1. The van der Waals surface area contributed by atoms with Crippen LogP contribution in [-0.4, -0.2) is 22.8 Å². The zero-order valence-electron chi connectivity index (χ0n) is 10.3. The van der Waals surface area contributed by atoms with E-state index in [-0.39, 0.29) is 18.1 Å². The highest BCUT2D eigenvalue weighted by Crippen LogP contribution is 2.46. The van der Waals surface area contributed by atoms with E-state index in [0.717, 1.165) is 27.9 Å². The van der Waals surface area contributed by atoms with Crippen LogP contribution in [0.3, 0.4) is 0 Å². The summed E-state index contributed by atoms with van der Waals surface area (Å²) in [6, 6.07) is 10.9. The van der Waals surface area contributed by atoms with Crippen LogP contribution in [0.5, 0.6) is 0 Å². The molecule has 0 saturated carbocycles. The van der Waals surface area contributed by atoms with E-state index >= 15 is 0 Å². The average Bonchev–Trinajstić information content (AvgIpc) is 2.70. The molecular formula is C15H14NO3+. The van der Waals surface area contributed by atoms with Crippen molar-refractivity contribution in [3.8, 4) is 11.1 Å². The highest BCUT2D eigenvalue weighted by Gasteiger charge is 2.31. The number of hydrogen-bond acceptors (Lipinski definition) is 2. The molecule has 19 heavy (non-hydrogen) atoms. The molecule has 5 N–H and O–H groups in total. The quantitative estimate of drug-likeness (QED) is 0.758. The van der Waals surface area contributed by atoms with Crippen molar-refractivity contribution >= 4 is 11.7 Å². The van der Waals surface area contributed by atoms with Crippen LogP contribution in [0.1, 0.15) is 27.4 Å². The summed E-state index contributed by atoms with van der Waals surface area (Å²) in [5, 5.41) is 18.9. The molecule has 0 bridgehead atoms. The van der Waals surface area contributed by atoms with Crippen molar-refractivity contribution in [1.82, 2.24) is 0 Å². The van der Waals surface area contributed by atoms with Crippen molar-refractivity contribution in [3.05, 3.63) is 53.1 Å². The zero-order chi connectivity index (χ0) is 13.6. The fraction of sp³-hybridized carbons (Fsp3) is 0.133. The van der Waals surface area contributed by atoms with Crippen molar-refractivity contribution in [2.45, 2.75) is 5.92 Å². The third-order valence-corrected chi connectivity index (χ3v) is 3.65. The van der Waals surface area contributed by atoms with Crippen LogP contribution in [0.2, 0.25) is 0 Å². The van der Waals surface area contributed by atoms with Crippen molar-refractivity contribution in [2.24, 2.45) is 0 Å². The predicted octanol–water partition coefficient (Wildman–Crippen LogP) is 1.36. The van der Waals surface area contributed by atoms with Crippen molar-refractivity contribution in [2.75, 3.05) is 6.61 Å². The third kappa shape index (κ3) is 1.65. The average molecular weight is 256 g/mol. The van der Waals surface area contributed by atoms with Gasteiger partial charge in [0.15, 0.2) is 0 Å². The lowest BCUT2D eigenvalue weighted by atomic mass is 9.96. The lowest BCUT2D eigenvalue weighted by molar-refractivity contribution is -0.254. The number of aliphatic hydroxyl groups is 1. The van der Waals surface area contributed by atoms with Gasteiger partial charge in [-0.2, -0.15) is 0 Å². The largest absolute Gasteiger partial charge is 0.478 e. The SMILES string of the molecule is [NH3+]c1ccc2c(c1)C(CO)c1cccc(C(=O)O)c1-2. The molecule has 3 rings (SSSR count). The summed E-state index contributed by atoms with van der Waals surface area (Å²) in [5.41, 5.74) is 8.49. The van der Waals surface area contributed by atoms with Gasteiger partial charge in [0, 0.05) is 17.5 Å². The summed E-state index contributed by atoms with van der Waals surface area (Å²) in [6.07, 6.45) is 0. The fourth-order valence-corrected chi connectivity index (χ4v) is 2.83. The number of carboxylic acids is 1. The first kappa shape index (κ1) is 11.9. The number of aromatic carboxylic acids is 1. The number of benzene rings is 2. The molecule has 1 aliphatic carbocycles. The van der Waals surface area contributed by atoms with Gasteiger partial charge in [-0.3, -0.25) is 0 Å². The van der Waals surface area contributed by atoms with Gasteiger partial charge in [-0.15, -0.1) is 0 Å². The minimum atomic E-state index is -0.944. The molecule has 4 nitrogen and oxygen atoms in total. The van der Waals surface area contributed by atoms with Gasteiger partial charge in [-0.25, -0.2) is 4.79 Å². The molecule has 0 aliphatic heterocycles. The second kappa shape index (κ2) is 4.19. The normalized spacial score (nSPS) is 16.0. The van der Waals surface area contributed by atoms with Crippen LogP contribution in [0.15, 0.2) is 36.4 Å². The number of carboxylic acid groups (broad SMARTS) is 1. The summed E-state index contributed by atoms with van der Waals surface area (Å²) in [7, 11) is 0. The molecule has 0 saturated heterocycles. The minimum absolute atomic E-state index is 0.0352. The van der Waals surface area contributed by atoms with Crippen LogP contribution in [-0.2, 0) is 0 Å². The van der Waals surface area contributed by atoms with E-state index in [2.05, 4.69) is 5.73 Å². The predicted molar refractivity (Wildman–Crippen MR) is 70.3 cm³/mol. The number of rotatable bonds is 2. The van der Waals surface area contributed by atoms with Crippen LogP contribution >= 0.6 is 0 Å². The van der Waals surface area contributed by atoms with E-state index in [9.17, 15) is 15.0 Å². The maximum absolute atomic E-state index is 11.4. The Bertz CT molecular complexity index is 679. The van der Waals surface area contributed by atoms with E-state index in [0.29, 0.717) is 0 Å². The Balaban J connectivity index is 2.35. The van der Waals surface area contributed by atoms with Gasteiger partial charge in [0.25, 0.3) is 0 Å². The molecule has 96 valence electrons. The van der Waals surface area contributed by atoms with E-state index in [1.165, 1.54) is 0 Å². The lowest BCUT2D eigenvalue weighted by Crippen LogP contribution is -2.40. The maximum atomic E-state index is 11.4. The summed E-state index contributed by atoms with van der Waals surface area (Å²) < 4.78 is 0. The van der Waals surface area contributed by atoms with Crippen LogP contribution in [0.4, 0.5) is 5.69 Å². The molecular weight excluding hydrogens is 242 g/mol. The highest BCUT2D eigenvalue weighted by molar-refractivity contribution is 5.99. The Labute approximate surface area is 110 Å². The third-order valence-electron chi connectivity index (χ3n) is 3.65. The molecule has 1 unspecified atom stereocenters. The van der Waals surface area contributed by atoms with E-state index in [1.54, 1.807) is 12.1 Å². The minimum Gasteiger partial charge on any atom is -0.478 e. The Hall–Kier alpha value is -2.17. The smallest absolute Gasteiger partial charge is 0.336 e. The summed E-state index contributed by atoms with van der Waals surface area (Å²) in [6.45, 7) is -0.0352. The van der Waals surface area contributed by atoms with Gasteiger partial charge in [0.1, 0.15) is 5.69 Å². The van der Waals surface area contributed by atoms with Gasteiger partial charge < -0.3 is 15.9 Å². The van der Waals surface area contributed by atoms with Crippen LogP contribution in [0.25, 0.3) is 11.1 Å². The van der Waals surface area contributed by atoms with Crippen LogP contribution < -0.4 is 5.73 Å². The number of hydrogen-bond donors (Lipinski definition) is 3. The number of aliphatic hydroxyl groups excluding tert-OH is 1. The fourth-order valence-electron chi connectivity index (χ4n) is 2.83. The molecule has 0 spiro atoms. The summed E-state index contributed by atoms with van der Waals surface area (Å²) in [5.74, 6) is -1.11. The summed E-state index contributed by atoms with van der Waals surface area (Å²) >= 11 is 0. The molecule has 4 heteroatoms. The molecule has 0 heterocycles. The highest BCUT2D eigenvalue weighted by atomic mass is 16.4. The van der Waals surface area contributed by atoms with E-state index < -0.39 is 5.97 Å². The molecule has 1 atom stereocenters. The Morgan fingerprint density at radius 1 is 1.21 bits per heavy atom. The Morgan fingerprint density at radius 3 is 2.68 bits per heavy atom. The monoisotopic (exact) mass is 256 g/mol. The second-order valence-electron chi connectivity index (χ2n) is 4.73. The van der Waals surface area contributed by atoms with Gasteiger partial charge in [-0.1, -0.05) is 12.1 Å². The first-order valence-corrected chi connectivity index (χ1v) is 6.07. The van der Waals surface area contributed by atoms with Gasteiger partial charge >= 0.3 is 5.97 Å². The first-order chi connectivity index (χ1) is 9.13. The van der Waals surface area contributed by atoms with E-state index in [1.807, 2.05) is 24.3 Å². The zero-order valence-corrected chi connectivity index (χ0v) is 10.3. The van der Waals surface area contributed by atoms with Gasteiger partial charge in [0.2, 0.25) is 0 Å². The Morgan fingerprint density at radius 2 is 2.00 bits per heavy atom. The molecule has 0 radical (unpaired) electrons. The van der Waals surface area contributed by atoms with Crippen molar-refractivity contribution in [1.29, 1.82) is 0 Å². The topological polar surface area (TPSA) is 85.2 Å². The van der Waals surface area contributed by atoms with Crippen molar-refractivity contribution in [3.63, 3.8) is 0 Å². The number of quaternary nitrogens is 1. The molecule has 0 aromatic heterocycles. The molecule has 0 amide bonds. The molecule has 2 aromatic rings. The molecule has 2 aromatic carbocycles. The standard InChI is InChI=1S/C15H13NO3/c16-8-4-5-10-12(6-8)13(7-17)9-2-1-3-11(14(9)10)15(18)19/h1-6,13,17H,7,16H2,(H,18,19)/p+1. The van der Waals surface area contributed by atoms with Gasteiger partial charge in [-0.05, 0) is 34.9 Å². The second-order valence-corrected chi connectivity index (χ2v) is 4.73. The Kier molecular flexibility index (Phi) is 2.62. The molecule has 0 fully saturated rings. The maximum Gasteiger partial charge on any atom is 0.336 e. The lowest BCUT2D eigenvalue weighted by Gasteiger charge is -2.09. The molecule has 1 aliphatic rings. The van der Waals surface area contributed by atoms with Crippen molar-refractivity contribution < 1.29 is 20.7 Å². The van der Waals surface area contributed by atoms with Crippen LogP contribution in [0, 0.1) is 0 Å². The van der Waals surface area contributed by atoms with Gasteiger partial charge in [0.05, 0.1) is 12.2 Å². The van der Waals surface area contributed by atoms with E-state index in [4.69, 9.17) is 0 Å². The summed E-state index contributed by atoms with van der Waals surface area (Å²) in [4.78, 5) is 11.4. The first-order valence-electron chi connectivity index (χ1n) is 6.07.